The van der Waals surface area contributed by atoms with E-state index >= 15 is 0 Å². The Bertz CT molecular complexity index is 848. The molecule has 0 saturated heterocycles. The minimum atomic E-state index is 0.254. The van der Waals surface area contributed by atoms with Crippen LogP contribution >= 0.6 is 0 Å². The second kappa shape index (κ2) is 9.68. The standard InChI is InChI=1S/C25H28N2O2/c1-20-23(17-28-15-21-9-4-2-5-10-21)24(25(20)27-14-8-13-26-19-27)18-29-16-22-11-6-3-7-12-22/h2-14,23-25H,1,15-19H2/t23-,24+,25+/m0/s1. The quantitative estimate of drug-likeness (QED) is 0.595. The Kier molecular flexibility index (Phi) is 6.55. The highest BCUT2D eigenvalue weighted by atomic mass is 16.5. The van der Waals surface area contributed by atoms with Gasteiger partial charge in [0.05, 0.1) is 32.5 Å². The van der Waals surface area contributed by atoms with Crippen molar-refractivity contribution in [2.24, 2.45) is 16.8 Å². The van der Waals surface area contributed by atoms with E-state index in [2.05, 4.69) is 46.9 Å². The molecule has 2 aliphatic rings. The summed E-state index contributed by atoms with van der Waals surface area (Å²) in [7, 11) is 0. The Morgan fingerprint density at radius 2 is 1.52 bits per heavy atom. The zero-order chi connectivity index (χ0) is 19.9. The van der Waals surface area contributed by atoms with E-state index < -0.39 is 0 Å². The second-order valence-electron chi connectivity index (χ2n) is 7.62. The minimum Gasteiger partial charge on any atom is -0.376 e. The third kappa shape index (κ3) is 4.84. The van der Waals surface area contributed by atoms with Crippen LogP contribution in [0.25, 0.3) is 0 Å². The Labute approximate surface area is 173 Å². The predicted molar refractivity (Wildman–Crippen MR) is 116 cm³/mol. The van der Waals surface area contributed by atoms with Gasteiger partial charge in [0.25, 0.3) is 0 Å². The molecule has 4 nitrogen and oxygen atoms in total. The maximum absolute atomic E-state index is 6.10. The van der Waals surface area contributed by atoms with Crippen molar-refractivity contribution in [3.8, 4) is 0 Å². The van der Waals surface area contributed by atoms with Crippen LogP contribution in [-0.4, -0.2) is 37.0 Å². The first-order valence-electron chi connectivity index (χ1n) is 10.2. The van der Waals surface area contributed by atoms with Crippen LogP contribution in [0.5, 0.6) is 0 Å². The Hall–Kier alpha value is -2.69. The van der Waals surface area contributed by atoms with Gasteiger partial charge in [-0.2, -0.15) is 0 Å². The Morgan fingerprint density at radius 1 is 0.897 bits per heavy atom. The first kappa shape index (κ1) is 19.6. The summed E-state index contributed by atoms with van der Waals surface area (Å²) in [4.78, 5) is 6.64. The van der Waals surface area contributed by atoms with Crippen molar-refractivity contribution in [3.63, 3.8) is 0 Å². The van der Waals surface area contributed by atoms with E-state index in [9.17, 15) is 0 Å². The number of nitrogens with zero attached hydrogens (tertiary/aromatic N) is 2. The first-order chi connectivity index (χ1) is 14.3. The molecule has 150 valence electrons. The second-order valence-corrected chi connectivity index (χ2v) is 7.62. The van der Waals surface area contributed by atoms with Gasteiger partial charge in [0.15, 0.2) is 0 Å². The number of hydrogen-bond donors (Lipinski definition) is 0. The smallest absolute Gasteiger partial charge is 0.110 e. The number of hydrogen-bond acceptors (Lipinski definition) is 4. The molecule has 0 N–H and O–H groups in total. The Morgan fingerprint density at radius 3 is 2.10 bits per heavy atom. The fourth-order valence-corrected chi connectivity index (χ4v) is 4.11. The van der Waals surface area contributed by atoms with E-state index in [4.69, 9.17) is 9.47 Å². The highest BCUT2D eigenvalue weighted by Crippen LogP contribution is 2.43. The van der Waals surface area contributed by atoms with Gasteiger partial charge in [-0.15, -0.1) is 0 Å². The van der Waals surface area contributed by atoms with Crippen LogP contribution in [0.3, 0.4) is 0 Å². The lowest BCUT2D eigenvalue weighted by Crippen LogP contribution is -2.56. The molecule has 1 aliphatic carbocycles. The van der Waals surface area contributed by atoms with Gasteiger partial charge in [0.1, 0.15) is 6.67 Å². The summed E-state index contributed by atoms with van der Waals surface area (Å²) in [6.07, 6.45) is 5.94. The molecule has 3 atom stereocenters. The molecule has 0 unspecified atom stereocenters. The summed E-state index contributed by atoms with van der Waals surface area (Å²) in [6.45, 7) is 7.66. The molecule has 4 rings (SSSR count). The molecule has 1 aliphatic heterocycles. The SMILES string of the molecule is C=C1[C@@H](N2C=CC=NC2)[C@H](COCc2ccccc2)[C@H]1COCc1ccccc1. The highest BCUT2D eigenvalue weighted by Gasteiger charge is 2.47. The van der Waals surface area contributed by atoms with Gasteiger partial charge < -0.3 is 14.4 Å². The molecule has 0 spiro atoms. The number of rotatable bonds is 9. The molecule has 2 aromatic rings. The molecule has 0 aromatic heterocycles. The van der Waals surface area contributed by atoms with Crippen molar-refractivity contribution in [1.82, 2.24) is 4.90 Å². The van der Waals surface area contributed by atoms with Gasteiger partial charge in [-0.05, 0) is 22.8 Å². The number of aliphatic imine (C=N–C) groups is 1. The fraction of sp³-hybridized carbons (Fsp3) is 0.320. The lowest BCUT2D eigenvalue weighted by molar-refractivity contribution is -0.0303. The normalized spacial score (nSPS) is 23.2. The summed E-state index contributed by atoms with van der Waals surface area (Å²) in [5.74, 6) is 0.652. The Balaban J connectivity index is 1.35. The van der Waals surface area contributed by atoms with E-state index in [-0.39, 0.29) is 6.04 Å². The van der Waals surface area contributed by atoms with E-state index in [0.29, 0.717) is 44.9 Å². The molecule has 1 saturated carbocycles. The number of allylic oxidation sites excluding steroid dienone is 1. The first-order valence-corrected chi connectivity index (χ1v) is 10.2. The molecule has 0 radical (unpaired) electrons. The largest absolute Gasteiger partial charge is 0.376 e. The van der Waals surface area contributed by atoms with Crippen molar-refractivity contribution in [2.45, 2.75) is 19.3 Å². The molecular formula is C25H28N2O2. The monoisotopic (exact) mass is 388 g/mol. The van der Waals surface area contributed by atoms with Gasteiger partial charge in [-0.1, -0.05) is 67.2 Å². The molecule has 2 aromatic carbocycles. The molecule has 4 heteroatoms. The van der Waals surface area contributed by atoms with Crippen molar-refractivity contribution in [1.29, 1.82) is 0 Å². The summed E-state index contributed by atoms with van der Waals surface area (Å²) >= 11 is 0. The van der Waals surface area contributed by atoms with Crippen LogP contribution in [0.2, 0.25) is 0 Å². The van der Waals surface area contributed by atoms with Crippen LogP contribution < -0.4 is 0 Å². The fourth-order valence-electron chi connectivity index (χ4n) is 4.11. The lowest BCUT2D eigenvalue weighted by Gasteiger charge is -2.51. The summed E-state index contributed by atoms with van der Waals surface area (Å²) < 4.78 is 12.1. The third-order valence-electron chi connectivity index (χ3n) is 5.68. The van der Waals surface area contributed by atoms with Gasteiger partial charge in [-0.3, -0.25) is 4.99 Å². The van der Waals surface area contributed by atoms with Crippen LogP contribution in [-0.2, 0) is 22.7 Å². The van der Waals surface area contributed by atoms with Crippen molar-refractivity contribution >= 4 is 6.21 Å². The lowest BCUT2D eigenvalue weighted by atomic mass is 9.65. The molecule has 0 bridgehead atoms. The molecular weight excluding hydrogens is 360 g/mol. The van der Waals surface area contributed by atoms with Crippen LogP contribution in [0.4, 0.5) is 0 Å². The van der Waals surface area contributed by atoms with Gasteiger partial charge in [-0.25, -0.2) is 0 Å². The maximum Gasteiger partial charge on any atom is 0.110 e. The average Bonchev–Trinajstić information content (AvgIpc) is 2.78. The summed E-state index contributed by atoms with van der Waals surface area (Å²) in [6, 6.07) is 20.9. The van der Waals surface area contributed by atoms with Crippen LogP contribution in [0.15, 0.2) is 90.1 Å². The van der Waals surface area contributed by atoms with Crippen LogP contribution in [0.1, 0.15) is 11.1 Å². The van der Waals surface area contributed by atoms with Gasteiger partial charge in [0, 0.05) is 24.3 Å². The molecule has 0 amide bonds. The third-order valence-corrected chi connectivity index (χ3v) is 5.68. The van der Waals surface area contributed by atoms with E-state index in [1.807, 2.05) is 48.7 Å². The predicted octanol–water partition coefficient (Wildman–Crippen LogP) is 4.45. The molecule has 1 fully saturated rings. The van der Waals surface area contributed by atoms with Crippen molar-refractivity contribution < 1.29 is 9.47 Å². The van der Waals surface area contributed by atoms with E-state index in [1.54, 1.807) is 0 Å². The molecule has 29 heavy (non-hydrogen) atoms. The summed E-state index contributed by atoms with van der Waals surface area (Å²) in [5, 5.41) is 0. The minimum absolute atomic E-state index is 0.254. The van der Waals surface area contributed by atoms with Crippen molar-refractivity contribution in [2.75, 3.05) is 19.9 Å². The summed E-state index contributed by atoms with van der Waals surface area (Å²) in [5.41, 5.74) is 3.61. The number of benzene rings is 2. The molecule has 1 heterocycles. The van der Waals surface area contributed by atoms with Gasteiger partial charge in [0.2, 0.25) is 0 Å². The number of ether oxygens (including phenoxy) is 2. The van der Waals surface area contributed by atoms with Gasteiger partial charge >= 0.3 is 0 Å². The zero-order valence-corrected chi connectivity index (χ0v) is 16.7. The maximum atomic E-state index is 6.10. The topological polar surface area (TPSA) is 34.1 Å². The van der Waals surface area contributed by atoms with Crippen molar-refractivity contribution in [3.05, 3.63) is 96.2 Å². The average molecular weight is 389 g/mol. The highest BCUT2D eigenvalue weighted by molar-refractivity contribution is 5.71. The van der Waals surface area contributed by atoms with E-state index in [0.717, 1.165) is 0 Å². The van der Waals surface area contributed by atoms with Crippen LogP contribution in [0, 0.1) is 11.8 Å². The zero-order valence-electron chi connectivity index (χ0n) is 16.7. The van der Waals surface area contributed by atoms with E-state index in [1.165, 1.54) is 16.7 Å².